The Morgan fingerprint density at radius 1 is 1.26 bits per heavy atom. The highest BCUT2D eigenvalue weighted by Gasteiger charge is 2.58. The predicted molar refractivity (Wildman–Crippen MR) is 85.0 cm³/mol. The second-order valence-electron chi connectivity index (χ2n) is 6.71. The van der Waals surface area contributed by atoms with Crippen molar-refractivity contribution in [1.29, 1.82) is 0 Å². The Morgan fingerprint density at radius 2 is 1.96 bits per heavy atom. The van der Waals surface area contributed by atoms with E-state index in [1.54, 1.807) is 24.3 Å². The zero-order chi connectivity index (χ0) is 16.6. The number of nitrogens with zero attached hydrogens (tertiary/aromatic N) is 1. The van der Waals surface area contributed by atoms with E-state index in [2.05, 4.69) is 11.8 Å². The molecule has 1 aromatic carbocycles. The fourth-order valence-electron chi connectivity index (χ4n) is 4.13. The maximum Gasteiger partial charge on any atom is 0.338 e. The van der Waals surface area contributed by atoms with Crippen molar-refractivity contribution in [3.05, 3.63) is 35.9 Å². The molecule has 0 saturated carbocycles. The smallest absolute Gasteiger partial charge is 0.338 e. The van der Waals surface area contributed by atoms with Gasteiger partial charge in [0.15, 0.2) is 0 Å². The van der Waals surface area contributed by atoms with Crippen LogP contribution in [0.3, 0.4) is 0 Å². The number of piperidine rings is 1. The zero-order valence-corrected chi connectivity index (χ0v) is 13.8. The maximum absolute atomic E-state index is 12.4. The summed E-state index contributed by atoms with van der Waals surface area (Å²) in [5.74, 6) is -1.13. The van der Waals surface area contributed by atoms with Crippen LogP contribution in [0.2, 0.25) is 0 Å². The van der Waals surface area contributed by atoms with E-state index in [-0.39, 0.29) is 17.5 Å². The first-order chi connectivity index (χ1) is 11.0. The average Bonchev–Trinajstić information content (AvgIpc) is 2.75. The Kier molecular flexibility index (Phi) is 4.15. The minimum Gasteiger partial charge on any atom is -0.469 e. The van der Waals surface area contributed by atoms with Gasteiger partial charge in [-0.2, -0.15) is 0 Å². The standard InChI is InChI=1S/C18H23NO4/c1-18-10-9-13(19(18)2)11-14(15(18)17(21)22-3)23-16(20)12-7-5-4-6-8-12/h4-8,13-15H,9-11H2,1-3H3/t13-,14-,15+,18+/m0/s1. The van der Waals surface area contributed by atoms with Gasteiger partial charge in [-0.25, -0.2) is 4.79 Å². The molecule has 0 N–H and O–H groups in total. The van der Waals surface area contributed by atoms with Gasteiger partial charge in [0.25, 0.3) is 0 Å². The molecule has 4 atom stereocenters. The molecule has 0 unspecified atom stereocenters. The predicted octanol–water partition coefficient (Wildman–Crippen LogP) is 2.26. The number of fused-ring (bicyclic) bond motifs is 2. The lowest BCUT2D eigenvalue weighted by atomic mass is 9.77. The number of benzene rings is 1. The lowest BCUT2D eigenvalue weighted by Crippen LogP contribution is -2.60. The number of hydrogen-bond acceptors (Lipinski definition) is 5. The van der Waals surface area contributed by atoms with E-state index in [0.29, 0.717) is 18.0 Å². The first kappa shape index (κ1) is 16.0. The molecule has 0 amide bonds. The van der Waals surface area contributed by atoms with Crippen molar-refractivity contribution in [2.24, 2.45) is 5.92 Å². The second-order valence-corrected chi connectivity index (χ2v) is 6.71. The third-order valence-electron chi connectivity index (χ3n) is 5.61. The molecule has 2 fully saturated rings. The van der Waals surface area contributed by atoms with Crippen LogP contribution in [0.5, 0.6) is 0 Å². The molecule has 0 aliphatic carbocycles. The average molecular weight is 317 g/mol. The molecule has 124 valence electrons. The molecule has 3 rings (SSSR count). The molecule has 0 spiro atoms. The molecule has 2 bridgehead atoms. The van der Waals surface area contributed by atoms with Gasteiger partial charge in [0.2, 0.25) is 0 Å². The molecule has 5 nitrogen and oxygen atoms in total. The number of ether oxygens (including phenoxy) is 2. The molecular weight excluding hydrogens is 294 g/mol. The molecule has 5 heteroatoms. The third kappa shape index (κ3) is 2.63. The minimum absolute atomic E-state index is 0.300. The van der Waals surface area contributed by atoms with E-state index in [9.17, 15) is 9.59 Å². The van der Waals surface area contributed by atoms with Gasteiger partial charge in [-0.15, -0.1) is 0 Å². The lowest BCUT2D eigenvalue weighted by molar-refractivity contribution is -0.162. The first-order valence-electron chi connectivity index (χ1n) is 8.04. The van der Waals surface area contributed by atoms with Crippen molar-refractivity contribution in [1.82, 2.24) is 4.90 Å². The Labute approximate surface area is 136 Å². The van der Waals surface area contributed by atoms with Gasteiger partial charge in [-0.3, -0.25) is 9.69 Å². The largest absolute Gasteiger partial charge is 0.469 e. The third-order valence-corrected chi connectivity index (χ3v) is 5.61. The number of methoxy groups -OCH3 is 1. The van der Waals surface area contributed by atoms with E-state index in [1.807, 2.05) is 13.1 Å². The van der Waals surface area contributed by atoms with Crippen molar-refractivity contribution in [2.75, 3.05) is 14.2 Å². The molecule has 23 heavy (non-hydrogen) atoms. The maximum atomic E-state index is 12.4. The Balaban J connectivity index is 1.85. The van der Waals surface area contributed by atoms with Gasteiger partial charge in [0.1, 0.15) is 12.0 Å². The van der Waals surface area contributed by atoms with Crippen LogP contribution in [0.4, 0.5) is 0 Å². The monoisotopic (exact) mass is 317 g/mol. The molecule has 0 aromatic heterocycles. The van der Waals surface area contributed by atoms with Gasteiger partial charge in [-0.1, -0.05) is 18.2 Å². The molecular formula is C18H23NO4. The highest BCUT2D eigenvalue weighted by molar-refractivity contribution is 5.89. The molecule has 2 heterocycles. The van der Waals surface area contributed by atoms with Gasteiger partial charge in [0.05, 0.1) is 12.7 Å². The summed E-state index contributed by atoms with van der Waals surface area (Å²) in [5.41, 5.74) is 0.185. The van der Waals surface area contributed by atoms with Crippen molar-refractivity contribution in [2.45, 2.75) is 43.9 Å². The summed E-state index contributed by atoms with van der Waals surface area (Å²) in [6.07, 6.45) is 2.15. The van der Waals surface area contributed by atoms with Gasteiger partial charge >= 0.3 is 11.9 Å². The molecule has 0 radical (unpaired) electrons. The SMILES string of the molecule is COC(=O)[C@H]1[C@@H](OC(=O)c2ccccc2)C[C@@H]2CC[C@@]1(C)N2C. The summed E-state index contributed by atoms with van der Waals surface area (Å²) in [7, 11) is 3.44. The fourth-order valence-corrected chi connectivity index (χ4v) is 4.13. The molecule has 1 aromatic rings. The van der Waals surface area contributed by atoms with Crippen LogP contribution < -0.4 is 0 Å². The van der Waals surface area contributed by atoms with Crippen LogP contribution in [0.15, 0.2) is 30.3 Å². The van der Waals surface area contributed by atoms with E-state index < -0.39 is 12.0 Å². The van der Waals surface area contributed by atoms with Crippen LogP contribution in [0.25, 0.3) is 0 Å². The van der Waals surface area contributed by atoms with Crippen molar-refractivity contribution in [3.63, 3.8) is 0 Å². The van der Waals surface area contributed by atoms with Gasteiger partial charge < -0.3 is 9.47 Å². The van der Waals surface area contributed by atoms with Gasteiger partial charge in [-0.05, 0) is 38.9 Å². The van der Waals surface area contributed by atoms with Crippen LogP contribution >= 0.6 is 0 Å². The summed E-state index contributed by atoms with van der Waals surface area (Å²) in [4.78, 5) is 27.0. The van der Waals surface area contributed by atoms with E-state index in [1.165, 1.54) is 7.11 Å². The first-order valence-corrected chi connectivity index (χ1v) is 8.04. The molecule has 2 aliphatic heterocycles. The topological polar surface area (TPSA) is 55.8 Å². The van der Waals surface area contributed by atoms with Crippen LogP contribution in [-0.2, 0) is 14.3 Å². The number of carbonyl (C=O) groups excluding carboxylic acids is 2. The normalized spacial score (nSPS) is 33.3. The van der Waals surface area contributed by atoms with Crippen LogP contribution in [0.1, 0.15) is 36.5 Å². The van der Waals surface area contributed by atoms with Crippen molar-refractivity contribution >= 4 is 11.9 Å². The van der Waals surface area contributed by atoms with E-state index >= 15 is 0 Å². The summed E-state index contributed by atoms with van der Waals surface area (Å²) in [6.45, 7) is 2.07. The quantitative estimate of drug-likeness (QED) is 0.800. The Hall–Kier alpha value is -1.88. The Bertz CT molecular complexity index is 602. The summed E-state index contributed by atoms with van der Waals surface area (Å²) in [5, 5.41) is 0. The van der Waals surface area contributed by atoms with E-state index in [0.717, 1.165) is 12.8 Å². The fraction of sp³-hybridized carbons (Fsp3) is 0.556. The summed E-state index contributed by atoms with van der Waals surface area (Å²) < 4.78 is 10.8. The van der Waals surface area contributed by atoms with Crippen LogP contribution in [-0.4, -0.2) is 48.7 Å². The highest BCUT2D eigenvalue weighted by atomic mass is 16.6. The van der Waals surface area contributed by atoms with Crippen LogP contribution in [0, 0.1) is 5.92 Å². The second kappa shape index (κ2) is 5.96. The van der Waals surface area contributed by atoms with Crippen molar-refractivity contribution < 1.29 is 19.1 Å². The zero-order valence-electron chi connectivity index (χ0n) is 13.8. The minimum atomic E-state index is -0.455. The van der Waals surface area contributed by atoms with Crippen molar-refractivity contribution in [3.8, 4) is 0 Å². The number of carbonyl (C=O) groups is 2. The number of esters is 2. The number of rotatable bonds is 3. The summed E-state index contributed by atoms with van der Waals surface area (Å²) in [6, 6.07) is 9.24. The number of hydrogen-bond donors (Lipinski definition) is 0. The van der Waals surface area contributed by atoms with E-state index in [4.69, 9.17) is 9.47 Å². The molecule has 2 saturated heterocycles. The summed E-state index contributed by atoms with van der Waals surface area (Å²) >= 11 is 0. The lowest BCUT2D eigenvalue weighted by Gasteiger charge is -2.47. The molecule has 2 aliphatic rings. The highest BCUT2D eigenvalue weighted by Crippen LogP contribution is 2.47. The van der Waals surface area contributed by atoms with Gasteiger partial charge in [0, 0.05) is 18.0 Å². The Morgan fingerprint density at radius 3 is 2.61 bits per heavy atom.